The van der Waals surface area contributed by atoms with E-state index >= 15 is 0 Å². The molecule has 0 aliphatic rings. The molecular formula is C3H8INO. The lowest BCUT2D eigenvalue weighted by atomic mass is 10.5. The van der Waals surface area contributed by atoms with E-state index in [-0.39, 0.29) is 6.61 Å². The minimum atomic E-state index is 0.288. The third-order valence-electron chi connectivity index (χ3n) is 0.429. The van der Waals surface area contributed by atoms with E-state index in [1.54, 1.807) is 0 Å². The Morgan fingerprint density at radius 3 is 2.50 bits per heavy atom. The molecule has 0 aromatic carbocycles. The number of nitrogens with one attached hydrogen (secondary N) is 1. The molecule has 0 aliphatic carbocycles. The van der Waals surface area contributed by atoms with E-state index in [0.717, 1.165) is 13.0 Å². The highest BCUT2D eigenvalue weighted by atomic mass is 127. The maximum Gasteiger partial charge on any atom is 0.0443 e. The first-order chi connectivity index (χ1) is 2.91. The summed E-state index contributed by atoms with van der Waals surface area (Å²) in [4.78, 5) is 0. The van der Waals surface area contributed by atoms with Gasteiger partial charge in [0, 0.05) is 36.0 Å². The molecule has 6 heavy (non-hydrogen) atoms. The van der Waals surface area contributed by atoms with Crippen molar-refractivity contribution in [2.24, 2.45) is 0 Å². The van der Waals surface area contributed by atoms with Crippen LogP contribution in [-0.4, -0.2) is 18.3 Å². The van der Waals surface area contributed by atoms with Gasteiger partial charge in [0.1, 0.15) is 0 Å². The Morgan fingerprint density at radius 1 is 1.67 bits per heavy atom. The van der Waals surface area contributed by atoms with Gasteiger partial charge in [0.25, 0.3) is 0 Å². The van der Waals surface area contributed by atoms with Crippen LogP contribution >= 0.6 is 22.9 Å². The highest BCUT2D eigenvalue weighted by Crippen LogP contribution is 1.73. The molecule has 2 nitrogen and oxygen atoms in total. The fourth-order valence-electron chi connectivity index (χ4n) is 0.146. The molecule has 0 spiro atoms. The van der Waals surface area contributed by atoms with Crippen LogP contribution in [0.25, 0.3) is 0 Å². The zero-order valence-electron chi connectivity index (χ0n) is 3.45. The van der Waals surface area contributed by atoms with E-state index in [1.807, 2.05) is 22.9 Å². The highest BCUT2D eigenvalue weighted by molar-refractivity contribution is 14.1. The summed E-state index contributed by atoms with van der Waals surface area (Å²) < 4.78 is 2.88. The van der Waals surface area contributed by atoms with Crippen molar-refractivity contribution < 1.29 is 5.11 Å². The van der Waals surface area contributed by atoms with Gasteiger partial charge in [-0.05, 0) is 6.42 Å². The molecule has 2 N–H and O–H groups in total. The van der Waals surface area contributed by atoms with Gasteiger partial charge in [0.15, 0.2) is 0 Å². The number of hydrogen-bond donors (Lipinski definition) is 2. The van der Waals surface area contributed by atoms with Crippen LogP contribution < -0.4 is 3.53 Å². The van der Waals surface area contributed by atoms with Crippen LogP contribution in [0.2, 0.25) is 0 Å². The van der Waals surface area contributed by atoms with Crippen LogP contribution in [0.1, 0.15) is 6.42 Å². The molecule has 0 saturated heterocycles. The normalized spacial score (nSPS) is 9.00. The van der Waals surface area contributed by atoms with Crippen molar-refractivity contribution in [1.29, 1.82) is 0 Å². The van der Waals surface area contributed by atoms with Gasteiger partial charge in [0.05, 0.1) is 0 Å². The van der Waals surface area contributed by atoms with Crippen molar-refractivity contribution in [3.8, 4) is 0 Å². The number of hydrogen-bond acceptors (Lipinski definition) is 2. The first-order valence-corrected chi connectivity index (χ1v) is 2.94. The van der Waals surface area contributed by atoms with E-state index in [0.29, 0.717) is 0 Å². The fourth-order valence-corrected chi connectivity index (χ4v) is 0.527. The molecule has 0 rings (SSSR count). The first-order valence-electron chi connectivity index (χ1n) is 1.86. The summed E-state index contributed by atoms with van der Waals surface area (Å²) in [6, 6.07) is 0. The van der Waals surface area contributed by atoms with Gasteiger partial charge < -0.3 is 5.11 Å². The highest BCUT2D eigenvalue weighted by Gasteiger charge is 1.75. The summed E-state index contributed by atoms with van der Waals surface area (Å²) in [6.07, 6.45) is 0.850. The van der Waals surface area contributed by atoms with Crippen LogP contribution in [0.3, 0.4) is 0 Å². The predicted octanol–water partition coefficient (Wildman–Crippen LogP) is 0.308. The second-order valence-corrected chi connectivity index (χ2v) is 1.72. The van der Waals surface area contributed by atoms with Crippen molar-refractivity contribution >= 4 is 22.9 Å². The quantitative estimate of drug-likeness (QED) is 0.391. The summed E-state index contributed by atoms with van der Waals surface area (Å²) in [5, 5.41) is 8.15. The number of rotatable bonds is 3. The molecule has 0 aliphatic heterocycles. The third-order valence-corrected chi connectivity index (χ3v) is 0.969. The molecule has 38 valence electrons. The van der Waals surface area contributed by atoms with Gasteiger partial charge >= 0.3 is 0 Å². The summed E-state index contributed by atoms with van der Waals surface area (Å²) >= 11 is 2.05. The van der Waals surface area contributed by atoms with Crippen molar-refractivity contribution in [2.75, 3.05) is 13.2 Å². The Labute approximate surface area is 51.4 Å². The third kappa shape index (κ3) is 4.65. The van der Waals surface area contributed by atoms with Gasteiger partial charge in [-0.1, -0.05) is 0 Å². The minimum Gasteiger partial charge on any atom is -0.396 e. The lowest BCUT2D eigenvalue weighted by Crippen LogP contribution is -2.01. The maximum absolute atomic E-state index is 8.15. The van der Waals surface area contributed by atoms with Crippen LogP contribution in [0.5, 0.6) is 0 Å². The lowest BCUT2D eigenvalue weighted by molar-refractivity contribution is 0.290. The van der Waals surface area contributed by atoms with E-state index in [1.165, 1.54) is 0 Å². The average molecular weight is 201 g/mol. The van der Waals surface area contributed by atoms with Gasteiger partial charge in [-0.15, -0.1) is 0 Å². The molecule has 0 aromatic heterocycles. The summed E-state index contributed by atoms with van der Waals surface area (Å²) in [5.41, 5.74) is 0. The molecule has 0 unspecified atom stereocenters. The van der Waals surface area contributed by atoms with Crippen molar-refractivity contribution in [3.63, 3.8) is 0 Å². The van der Waals surface area contributed by atoms with Crippen molar-refractivity contribution in [2.45, 2.75) is 6.42 Å². The predicted molar refractivity (Wildman–Crippen MR) is 33.7 cm³/mol. The van der Waals surface area contributed by atoms with Crippen molar-refractivity contribution in [3.05, 3.63) is 0 Å². The maximum atomic E-state index is 8.15. The molecule has 0 fully saturated rings. The number of aliphatic hydroxyl groups is 1. The minimum absolute atomic E-state index is 0.288. The van der Waals surface area contributed by atoms with Crippen molar-refractivity contribution in [1.82, 2.24) is 3.53 Å². The summed E-state index contributed by atoms with van der Waals surface area (Å²) in [5.74, 6) is 0. The number of halogens is 1. The van der Waals surface area contributed by atoms with Crippen LogP contribution in [0.4, 0.5) is 0 Å². The fraction of sp³-hybridized carbons (Fsp3) is 1.00. The largest absolute Gasteiger partial charge is 0.396 e. The standard InChI is InChI=1S/C3H8INO/c4-5-2-1-3-6/h5-6H,1-3H2. The van der Waals surface area contributed by atoms with Crippen LogP contribution in [0.15, 0.2) is 0 Å². The zero-order chi connectivity index (χ0) is 4.83. The molecule has 0 radical (unpaired) electrons. The van der Waals surface area contributed by atoms with Crippen LogP contribution in [0, 0.1) is 0 Å². The second-order valence-electron chi connectivity index (χ2n) is 0.961. The molecule has 0 saturated carbocycles. The lowest BCUT2D eigenvalue weighted by Gasteiger charge is -1.87. The Balaban J connectivity index is 2.34. The Morgan fingerprint density at radius 2 is 2.33 bits per heavy atom. The van der Waals surface area contributed by atoms with Gasteiger partial charge in [-0.2, -0.15) is 0 Å². The van der Waals surface area contributed by atoms with E-state index < -0.39 is 0 Å². The first kappa shape index (κ1) is 6.65. The van der Waals surface area contributed by atoms with Gasteiger partial charge in [-0.3, -0.25) is 3.53 Å². The molecule has 0 bridgehead atoms. The molecule has 0 aromatic rings. The van der Waals surface area contributed by atoms with Gasteiger partial charge in [0.2, 0.25) is 0 Å². The molecule has 3 heteroatoms. The van der Waals surface area contributed by atoms with E-state index in [4.69, 9.17) is 5.11 Å². The van der Waals surface area contributed by atoms with E-state index in [2.05, 4.69) is 3.53 Å². The Hall–Kier alpha value is 0.650. The molecule has 0 amide bonds. The van der Waals surface area contributed by atoms with Crippen LogP contribution in [-0.2, 0) is 0 Å². The zero-order valence-corrected chi connectivity index (χ0v) is 5.60. The Bertz CT molecular complexity index is 22.8. The van der Waals surface area contributed by atoms with E-state index in [9.17, 15) is 0 Å². The average Bonchev–Trinajstić information content (AvgIpc) is 1.61. The monoisotopic (exact) mass is 201 g/mol. The number of aliphatic hydroxyl groups excluding tert-OH is 1. The molecular weight excluding hydrogens is 193 g/mol. The summed E-state index contributed by atoms with van der Waals surface area (Å²) in [6.45, 7) is 1.19. The Kier molecular flexibility index (Phi) is 6.26. The molecule has 0 heterocycles. The summed E-state index contributed by atoms with van der Waals surface area (Å²) in [7, 11) is 0. The second kappa shape index (κ2) is 5.65. The smallest absolute Gasteiger partial charge is 0.0443 e. The molecule has 0 atom stereocenters. The van der Waals surface area contributed by atoms with Gasteiger partial charge in [-0.25, -0.2) is 0 Å². The topological polar surface area (TPSA) is 32.3 Å². The SMILES string of the molecule is OCCCNI.